The molecule has 0 aromatic heterocycles. The van der Waals surface area contributed by atoms with Crippen LogP contribution in [0, 0.1) is 0 Å². The van der Waals surface area contributed by atoms with Gasteiger partial charge in [-0.1, -0.05) is 27.7 Å². The van der Waals surface area contributed by atoms with Crippen LogP contribution in [0.1, 0.15) is 53.4 Å². The third-order valence-corrected chi connectivity index (χ3v) is 4.62. The summed E-state index contributed by atoms with van der Waals surface area (Å²) >= 11 is 0. The minimum atomic E-state index is -0.138. The highest BCUT2D eigenvalue weighted by atomic mass is 28.2. The molecule has 0 unspecified atom stereocenters. The van der Waals surface area contributed by atoms with Crippen molar-refractivity contribution in [3.8, 4) is 0 Å². The van der Waals surface area contributed by atoms with Crippen molar-refractivity contribution >= 4 is 9.84 Å². The highest BCUT2D eigenvalue weighted by Gasteiger charge is 2.09. The van der Waals surface area contributed by atoms with Crippen LogP contribution in [0.4, 0.5) is 0 Å². The summed E-state index contributed by atoms with van der Waals surface area (Å²) in [5, 5.41) is 0. The van der Waals surface area contributed by atoms with Gasteiger partial charge in [0.15, 0.2) is 9.84 Å². The number of nitrogens with zero attached hydrogens (tertiary/aromatic N) is 2. The van der Waals surface area contributed by atoms with E-state index >= 15 is 0 Å². The summed E-state index contributed by atoms with van der Waals surface area (Å²) in [4.78, 5) is 0. The molecule has 0 spiro atoms. The van der Waals surface area contributed by atoms with Gasteiger partial charge in [0.2, 0.25) is 0 Å². The minimum Gasteiger partial charge on any atom is -0.317 e. The molecule has 0 aromatic rings. The van der Waals surface area contributed by atoms with E-state index in [-0.39, 0.29) is 9.84 Å². The molecule has 0 aromatic carbocycles. The Labute approximate surface area is 99.0 Å². The number of hydrogen-bond acceptors (Lipinski definition) is 2. The van der Waals surface area contributed by atoms with E-state index in [0.29, 0.717) is 0 Å². The van der Waals surface area contributed by atoms with Crippen LogP contribution in [0.5, 0.6) is 0 Å². The van der Waals surface area contributed by atoms with Gasteiger partial charge in [0, 0.05) is 0 Å². The van der Waals surface area contributed by atoms with Crippen LogP contribution in [0.2, 0.25) is 0 Å². The molecule has 0 bridgehead atoms. The van der Waals surface area contributed by atoms with Crippen molar-refractivity contribution in [2.45, 2.75) is 53.4 Å². The molecule has 0 atom stereocenters. The predicted molar refractivity (Wildman–Crippen MR) is 72.9 cm³/mol. The number of hydrogen-bond donors (Lipinski definition) is 0. The summed E-state index contributed by atoms with van der Waals surface area (Å²) < 4.78 is 5.46. The molecular weight excluding hydrogens is 200 g/mol. The number of rotatable bonds is 10. The normalized spacial score (nSPS) is 11.6. The molecule has 0 rings (SSSR count). The van der Waals surface area contributed by atoms with Crippen molar-refractivity contribution in [2.75, 3.05) is 26.2 Å². The fraction of sp³-hybridized carbons (Fsp3) is 1.00. The van der Waals surface area contributed by atoms with E-state index < -0.39 is 0 Å². The Morgan fingerprint density at radius 1 is 0.600 bits per heavy atom. The maximum absolute atomic E-state index is 2.73. The Bertz CT molecular complexity index is 105. The molecule has 0 aliphatic carbocycles. The van der Waals surface area contributed by atoms with Gasteiger partial charge in [-0.15, -0.1) is 0 Å². The fourth-order valence-corrected chi connectivity index (χ4v) is 4.45. The first-order chi connectivity index (χ1) is 7.28. The monoisotopic (exact) mass is 230 g/mol. The molecule has 0 amide bonds. The van der Waals surface area contributed by atoms with Crippen molar-refractivity contribution in [3.63, 3.8) is 0 Å². The Hall–Kier alpha value is 0.137. The van der Waals surface area contributed by atoms with E-state index in [2.05, 4.69) is 36.8 Å². The first-order valence-electron chi connectivity index (χ1n) is 6.73. The third-order valence-electron chi connectivity index (χ3n) is 2.56. The van der Waals surface area contributed by atoms with E-state index in [9.17, 15) is 0 Å². The summed E-state index contributed by atoms with van der Waals surface area (Å²) in [6.45, 7) is 14.4. The molecule has 3 heteroatoms. The lowest BCUT2D eigenvalue weighted by atomic mass is 10.4. The Morgan fingerprint density at radius 2 is 0.867 bits per heavy atom. The first kappa shape index (κ1) is 15.1. The molecule has 0 aliphatic heterocycles. The van der Waals surface area contributed by atoms with Gasteiger partial charge < -0.3 is 9.13 Å². The van der Waals surface area contributed by atoms with Crippen molar-refractivity contribution in [3.05, 3.63) is 0 Å². The van der Waals surface area contributed by atoms with Gasteiger partial charge in [-0.05, 0) is 51.9 Å². The van der Waals surface area contributed by atoms with Crippen LogP contribution < -0.4 is 0 Å². The molecule has 0 N–H and O–H groups in total. The molecular formula is C12H30N2Si. The summed E-state index contributed by atoms with van der Waals surface area (Å²) in [7, 11) is -0.138. The van der Waals surface area contributed by atoms with E-state index in [1.807, 2.05) is 0 Å². The second-order valence-corrected chi connectivity index (χ2v) is 6.45. The van der Waals surface area contributed by atoms with Gasteiger partial charge in [-0.2, -0.15) is 0 Å². The second kappa shape index (κ2) is 10.6. The summed E-state index contributed by atoms with van der Waals surface area (Å²) in [5.74, 6) is 0. The standard InChI is InChI=1S/C12H30N2Si/c1-5-9-13(10-6-2)15-14(11-7-3)12-8-4/h5-12,15H2,1-4H3. The molecule has 0 heterocycles. The Morgan fingerprint density at radius 3 is 1.07 bits per heavy atom. The van der Waals surface area contributed by atoms with Gasteiger partial charge in [-0.3, -0.25) is 0 Å². The van der Waals surface area contributed by atoms with E-state index in [4.69, 9.17) is 0 Å². The van der Waals surface area contributed by atoms with Gasteiger partial charge >= 0.3 is 0 Å². The fourth-order valence-electron chi connectivity index (χ4n) is 2.05. The summed E-state index contributed by atoms with van der Waals surface area (Å²) in [6, 6.07) is 0. The maximum atomic E-state index is 2.73. The van der Waals surface area contributed by atoms with Crippen molar-refractivity contribution < 1.29 is 0 Å². The topological polar surface area (TPSA) is 6.48 Å². The minimum absolute atomic E-state index is 0.138. The predicted octanol–water partition coefficient (Wildman–Crippen LogP) is 2.23. The van der Waals surface area contributed by atoms with Gasteiger partial charge in [-0.25, -0.2) is 0 Å². The molecule has 0 saturated carbocycles. The SMILES string of the molecule is CCCN(CCC)[SiH2]N(CCC)CCC. The van der Waals surface area contributed by atoms with Gasteiger partial charge in [0.05, 0.1) is 0 Å². The quantitative estimate of drug-likeness (QED) is 0.531. The van der Waals surface area contributed by atoms with Crippen LogP contribution in [0.3, 0.4) is 0 Å². The molecule has 92 valence electrons. The average Bonchev–Trinajstić information content (AvgIpc) is 2.19. The van der Waals surface area contributed by atoms with Crippen LogP contribution >= 0.6 is 0 Å². The van der Waals surface area contributed by atoms with Crippen LogP contribution in [-0.4, -0.2) is 45.2 Å². The molecule has 0 aliphatic rings. The zero-order valence-electron chi connectivity index (χ0n) is 11.3. The lowest BCUT2D eigenvalue weighted by Gasteiger charge is -2.29. The molecule has 0 radical (unpaired) electrons. The molecule has 0 saturated heterocycles. The highest BCUT2D eigenvalue weighted by molar-refractivity contribution is 6.28. The molecule has 0 fully saturated rings. The smallest absolute Gasteiger partial charge is 0.173 e. The summed E-state index contributed by atoms with van der Waals surface area (Å²) in [5.41, 5.74) is 0. The van der Waals surface area contributed by atoms with E-state index in [0.717, 1.165) is 0 Å². The maximum Gasteiger partial charge on any atom is 0.173 e. The average molecular weight is 230 g/mol. The van der Waals surface area contributed by atoms with Crippen LogP contribution in [-0.2, 0) is 0 Å². The van der Waals surface area contributed by atoms with Gasteiger partial charge in [0.25, 0.3) is 0 Å². The highest BCUT2D eigenvalue weighted by Crippen LogP contribution is 1.98. The summed E-state index contributed by atoms with van der Waals surface area (Å²) in [6.07, 6.45) is 5.22. The lowest BCUT2D eigenvalue weighted by molar-refractivity contribution is 0.358. The lowest BCUT2D eigenvalue weighted by Crippen LogP contribution is -2.43. The largest absolute Gasteiger partial charge is 0.317 e. The molecule has 2 nitrogen and oxygen atoms in total. The zero-order chi connectivity index (χ0) is 11.5. The third kappa shape index (κ3) is 8.00. The van der Waals surface area contributed by atoms with Crippen molar-refractivity contribution in [1.29, 1.82) is 0 Å². The van der Waals surface area contributed by atoms with E-state index in [1.54, 1.807) is 0 Å². The first-order valence-corrected chi connectivity index (χ1v) is 7.99. The van der Waals surface area contributed by atoms with Crippen LogP contribution in [0.15, 0.2) is 0 Å². The Balaban J connectivity index is 3.93. The van der Waals surface area contributed by atoms with Crippen molar-refractivity contribution in [2.24, 2.45) is 0 Å². The zero-order valence-corrected chi connectivity index (χ0v) is 12.7. The van der Waals surface area contributed by atoms with E-state index in [1.165, 1.54) is 51.9 Å². The van der Waals surface area contributed by atoms with Gasteiger partial charge in [0.1, 0.15) is 0 Å². The second-order valence-electron chi connectivity index (χ2n) is 4.38. The van der Waals surface area contributed by atoms with Crippen LogP contribution in [0.25, 0.3) is 0 Å². The Kier molecular flexibility index (Phi) is 10.7. The van der Waals surface area contributed by atoms with Crippen molar-refractivity contribution in [1.82, 2.24) is 9.13 Å². The molecule has 15 heavy (non-hydrogen) atoms.